The van der Waals surface area contributed by atoms with E-state index in [1.54, 1.807) is 32.5 Å². The van der Waals surface area contributed by atoms with E-state index >= 15 is 0 Å². The van der Waals surface area contributed by atoms with E-state index in [0.717, 1.165) is 19.6 Å². The zero-order valence-corrected chi connectivity index (χ0v) is 18.3. The van der Waals surface area contributed by atoms with Crippen molar-refractivity contribution in [2.24, 2.45) is 0 Å². The first-order valence-corrected chi connectivity index (χ1v) is 10.1. The van der Waals surface area contributed by atoms with E-state index in [0.29, 0.717) is 56.9 Å². The Morgan fingerprint density at radius 1 is 1.17 bits per heavy atom. The van der Waals surface area contributed by atoms with Gasteiger partial charge in [0.1, 0.15) is 11.7 Å². The molecule has 3 rings (SSSR count). The van der Waals surface area contributed by atoms with Crippen LogP contribution >= 0.6 is 11.6 Å². The number of nitrogens with one attached hydrogen (secondary N) is 2. The average molecular weight is 429 g/mol. The standard InChI is InChI=1S/C21H25ClN6O2/c1-5-28(6-2)8-7-24-21-26-19(18-13(11-23)12-25-20(18)27-21)14-9-16(29-3)17(30-4)10-15(14)22/h9-10,12H,5-8H2,1-4H3,(H2,24,25,26,27). The summed E-state index contributed by atoms with van der Waals surface area (Å²) in [5.74, 6) is 1.50. The lowest BCUT2D eigenvalue weighted by atomic mass is 10.1. The lowest BCUT2D eigenvalue weighted by Gasteiger charge is -2.18. The number of benzene rings is 1. The van der Waals surface area contributed by atoms with Crippen LogP contribution in [0.5, 0.6) is 11.5 Å². The van der Waals surface area contributed by atoms with Gasteiger partial charge in [-0.05, 0) is 19.2 Å². The van der Waals surface area contributed by atoms with Gasteiger partial charge < -0.3 is 24.7 Å². The number of anilines is 1. The minimum atomic E-state index is 0.437. The normalized spacial score (nSPS) is 11.0. The molecule has 0 aliphatic heterocycles. The highest BCUT2D eigenvalue weighted by atomic mass is 35.5. The average Bonchev–Trinajstić information content (AvgIpc) is 3.19. The number of nitrogens with zero attached hydrogens (tertiary/aromatic N) is 4. The number of fused-ring (bicyclic) bond motifs is 1. The van der Waals surface area contributed by atoms with Crippen LogP contribution in [0.15, 0.2) is 18.3 Å². The van der Waals surface area contributed by atoms with Gasteiger partial charge in [0.05, 0.1) is 35.9 Å². The summed E-state index contributed by atoms with van der Waals surface area (Å²) in [6, 6.07) is 5.62. The van der Waals surface area contributed by atoms with Gasteiger partial charge in [-0.1, -0.05) is 25.4 Å². The molecule has 2 aromatic heterocycles. The third-order valence-electron chi connectivity index (χ3n) is 4.99. The Morgan fingerprint density at radius 3 is 2.50 bits per heavy atom. The molecule has 0 atom stereocenters. The van der Waals surface area contributed by atoms with Crippen molar-refractivity contribution in [1.82, 2.24) is 19.9 Å². The summed E-state index contributed by atoms with van der Waals surface area (Å²) < 4.78 is 10.8. The highest BCUT2D eigenvalue weighted by molar-refractivity contribution is 6.34. The second kappa shape index (κ2) is 9.65. The number of rotatable bonds is 9. The Hall–Kier alpha value is -3.02. The molecule has 0 amide bonds. The summed E-state index contributed by atoms with van der Waals surface area (Å²) in [6.07, 6.45) is 1.62. The number of aromatic amines is 1. The molecule has 3 aromatic rings. The lowest BCUT2D eigenvalue weighted by molar-refractivity contribution is 0.316. The van der Waals surface area contributed by atoms with Gasteiger partial charge in [0.25, 0.3) is 0 Å². The Morgan fingerprint density at radius 2 is 1.87 bits per heavy atom. The van der Waals surface area contributed by atoms with Crippen molar-refractivity contribution in [2.75, 3.05) is 45.7 Å². The highest BCUT2D eigenvalue weighted by Gasteiger charge is 2.20. The summed E-state index contributed by atoms with van der Waals surface area (Å²) >= 11 is 6.55. The third kappa shape index (κ3) is 4.27. The molecular formula is C21H25ClN6O2. The van der Waals surface area contributed by atoms with Crippen LogP contribution in [0.2, 0.25) is 5.02 Å². The second-order valence-corrected chi connectivity index (χ2v) is 6.98. The largest absolute Gasteiger partial charge is 0.493 e. The van der Waals surface area contributed by atoms with Crippen LogP contribution in [-0.4, -0.2) is 60.3 Å². The molecule has 0 aliphatic carbocycles. The summed E-state index contributed by atoms with van der Waals surface area (Å²) in [5.41, 5.74) is 2.19. The Kier molecular flexibility index (Phi) is 6.98. The molecular weight excluding hydrogens is 404 g/mol. The van der Waals surface area contributed by atoms with Crippen molar-refractivity contribution >= 4 is 28.6 Å². The van der Waals surface area contributed by atoms with Crippen LogP contribution in [0.1, 0.15) is 19.4 Å². The number of aromatic nitrogens is 3. The van der Waals surface area contributed by atoms with Gasteiger partial charge in [0.15, 0.2) is 11.5 Å². The van der Waals surface area contributed by atoms with Crippen molar-refractivity contribution in [3.63, 3.8) is 0 Å². The van der Waals surface area contributed by atoms with Gasteiger partial charge in [-0.25, -0.2) is 4.98 Å². The van der Waals surface area contributed by atoms with E-state index in [1.807, 2.05) is 0 Å². The maximum Gasteiger partial charge on any atom is 0.225 e. The second-order valence-electron chi connectivity index (χ2n) is 6.57. The number of hydrogen-bond donors (Lipinski definition) is 2. The molecule has 9 heteroatoms. The molecule has 0 unspecified atom stereocenters. The molecule has 158 valence electrons. The fraction of sp³-hybridized carbons (Fsp3) is 0.381. The topological polar surface area (TPSA) is 99.1 Å². The number of nitriles is 1. The first-order valence-electron chi connectivity index (χ1n) is 9.73. The molecule has 0 radical (unpaired) electrons. The molecule has 0 aliphatic rings. The molecule has 2 heterocycles. The van der Waals surface area contributed by atoms with Gasteiger partial charge in [-0.15, -0.1) is 0 Å². The predicted molar refractivity (Wildman–Crippen MR) is 118 cm³/mol. The summed E-state index contributed by atoms with van der Waals surface area (Å²) in [6.45, 7) is 7.78. The SMILES string of the molecule is CCN(CC)CCNc1nc(-c2cc(OC)c(OC)cc2Cl)c2c(C#N)c[nH]c2n1. The van der Waals surface area contributed by atoms with E-state index in [2.05, 4.69) is 40.1 Å². The smallest absolute Gasteiger partial charge is 0.225 e. The van der Waals surface area contributed by atoms with Crippen LogP contribution < -0.4 is 14.8 Å². The Bertz CT molecular complexity index is 1070. The van der Waals surface area contributed by atoms with Crippen molar-refractivity contribution in [1.29, 1.82) is 5.26 Å². The van der Waals surface area contributed by atoms with Crippen LogP contribution in [0.25, 0.3) is 22.3 Å². The van der Waals surface area contributed by atoms with Crippen LogP contribution in [0.4, 0.5) is 5.95 Å². The number of H-pyrrole nitrogens is 1. The van der Waals surface area contributed by atoms with Crippen LogP contribution in [-0.2, 0) is 0 Å². The number of halogens is 1. The van der Waals surface area contributed by atoms with E-state index < -0.39 is 0 Å². The zero-order valence-electron chi connectivity index (χ0n) is 17.5. The minimum absolute atomic E-state index is 0.437. The molecule has 0 saturated heterocycles. The van der Waals surface area contributed by atoms with Crippen molar-refractivity contribution in [3.05, 3.63) is 28.9 Å². The van der Waals surface area contributed by atoms with Crippen LogP contribution in [0.3, 0.4) is 0 Å². The molecule has 1 aromatic carbocycles. The lowest BCUT2D eigenvalue weighted by Crippen LogP contribution is -2.29. The molecule has 0 saturated carbocycles. The predicted octanol–water partition coefficient (Wildman–Crippen LogP) is 3.92. The van der Waals surface area contributed by atoms with Crippen molar-refractivity contribution in [2.45, 2.75) is 13.8 Å². The molecule has 0 spiro atoms. The fourth-order valence-corrected chi connectivity index (χ4v) is 3.54. The summed E-state index contributed by atoms with van der Waals surface area (Å²) in [7, 11) is 3.11. The first kappa shape index (κ1) is 21.7. The Balaban J connectivity index is 2.09. The van der Waals surface area contributed by atoms with Gasteiger partial charge in [0, 0.05) is 30.9 Å². The van der Waals surface area contributed by atoms with Crippen molar-refractivity contribution < 1.29 is 9.47 Å². The maximum atomic E-state index is 9.55. The number of hydrogen-bond acceptors (Lipinski definition) is 7. The first-order chi connectivity index (χ1) is 14.6. The van der Waals surface area contributed by atoms with E-state index in [4.69, 9.17) is 26.1 Å². The monoisotopic (exact) mass is 428 g/mol. The van der Waals surface area contributed by atoms with E-state index in [1.165, 1.54) is 0 Å². The van der Waals surface area contributed by atoms with Gasteiger partial charge in [0.2, 0.25) is 5.95 Å². The number of likely N-dealkylation sites (N-methyl/N-ethyl adjacent to an activating group) is 1. The van der Waals surface area contributed by atoms with Crippen molar-refractivity contribution in [3.8, 4) is 28.8 Å². The molecule has 8 nitrogen and oxygen atoms in total. The highest BCUT2D eigenvalue weighted by Crippen LogP contribution is 2.40. The van der Waals surface area contributed by atoms with E-state index in [9.17, 15) is 5.26 Å². The molecule has 30 heavy (non-hydrogen) atoms. The number of methoxy groups -OCH3 is 2. The van der Waals surface area contributed by atoms with Gasteiger partial charge >= 0.3 is 0 Å². The van der Waals surface area contributed by atoms with E-state index in [-0.39, 0.29) is 0 Å². The van der Waals surface area contributed by atoms with Crippen LogP contribution in [0, 0.1) is 11.3 Å². The van der Waals surface area contributed by atoms with Gasteiger partial charge in [-0.2, -0.15) is 10.2 Å². The van der Waals surface area contributed by atoms with Gasteiger partial charge in [-0.3, -0.25) is 0 Å². The summed E-state index contributed by atoms with van der Waals surface area (Å²) in [5, 5.41) is 13.9. The molecule has 0 fully saturated rings. The quantitative estimate of drug-likeness (QED) is 0.532. The Labute approximate surface area is 180 Å². The maximum absolute atomic E-state index is 9.55. The third-order valence-corrected chi connectivity index (χ3v) is 5.30. The minimum Gasteiger partial charge on any atom is -0.493 e. The zero-order chi connectivity index (χ0) is 21.7. The fourth-order valence-electron chi connectivity index (χ4n) is 3.30. The summed E-state index contributed by atoms with van der Waals surface area (Å²) in [4.78, 5) is 14.6. The molecule has 2 N–H and O–H groups in total. The number of ether oxygens (including phenoxy) is 2. The molecule has 0 bridgehead atoms.